The quantitative estimate of drug-likeness (QED) is 0.115. The second-order valence-corrected chi connectivity index (χ2v) is 11.9. The number of amides is 1. The molecule has 0 radical (unpaired) electrons. The number of aryl methyl sites for hydroxylation is 1. The van der Waals surface area contributed by atoms with Crippen molar-refractivity contribution in [1.29, 1.82) is 0 Å². The lowest BCUT2D eigenvalue weighted by Crippen LogP contribution is -2.42. The molecule has 9 heteroatoms. The lowest BCUT2D eigenvalue weighted by Gasteiger charge is -2.31. The van der Waals surface area contributed by atoms with Gasteiger partial charge in [-0.25, -0.2) is 0 Å². The fourth-order valence-corrected chi connectivity index (χ4v) is 6.07. The lowest BCUT2D eigenvalue weighted by atomic mass is 9.95. The van der Waals surface area contributed by atoms with Crippen LogP contribution in [-0.2, 0) is 27.5 Å². The van der Waals surface area contributed by atoms with E-state index >= 15 is 0 Å². The van der Waals surface area contributed by atoms with Crippen molar-refractivity contribution in [1.82, 2.24) is 9.80 Å². The van der Waals surface area contributed by atoms with E-state index in [1.807, 2.05) is 61.5 Å². The Morgan fingerprint density at radius 2 is 1.54 bits per heavy atom. The van der Waals surface area contributed by atoms with Gasteiger partial charge in [0.15, 0.2) is 11.5 Å². The van der Waals surface area contributed by atoms with Crippen LogP contribution in [0.1, 0.15) is 33.9 Å². The molecule has 2 aliphatic rings. The van der Waals surface area contributed by atoms with Gasteiger partial charge in [0.05, 0.1) is 31.9 Å². The van der Waals surface area contributed by atoms with E-state index in [4.69, 9.17) is 18.9 Å². The van der Waals surface area contributed by atoms with Crippen LogP contribution in [0.5, 0.6) is 17.2 Å². The van der Waals surface area contributed by atoms with Gasteiger partial charge in [0.2, 0.25) is 0 Å². The van der Waals surface area contributed by atoms with Crippen LogP contribution in [0, 0.1) is 6.92 Å². The number of Topliss-reactive ketones (excluding diaryl/α,β-unsaturated/α-hetero) is 1. The minimum absolute atomic E-state index is 0.0235. The molecule has 48 heavy (non-hydrogen) atoms. The second-order valence-electron chi connectivity index (χ2n) is 11.9. The number of aliphatic hydroxyl groups excluding tert-OH is 1. The van der Waals surface area contributed by atoms with Crippen LogP contribution in [0.25, 0.3) is 5.76 Å². The van der Waals surface area contributed by atoms with E-state index in [1.165, 1.54) is 0 Å². The maximum atomic E-state index is 13.7. The molecule has 0 spiro atoms. The number of likely N-dealkylation sites (tertiary alicyclic amines) is 1. The minimum atomic E-state index is -0.833. The number of ether oxygens (including phenoxy) is 4. The molecule has 1 N–H and O–H groups in total. The minimum Gasteiger partial charge on any atom is -0.507 e. The van der Waals surface area contributed by atoms with E-state index < -0.39 is 17.7 Å². The maximum Gasteiger partial charge on any atom is 0.295 e. The maximum absolute atomic E-state index is 13.7. The van der Waals surface area contributed by atoms with Crippen molar-refractivity contribution in [2.45, 2.75) is 26.2 Å². The first-order chi connectivity index (χ1) is 23.4. The molecule has 2 saturated heterocycles. The van der Waals surface area contributed by atoms with Gasteiger partial charge in [-0.15, -0.1) is 0 Å². The Hall–Kier alpha value is -5.12. The molecule has 9 nitrogen and oxygen atoms in total. The van der Waals surface area contributed by atoms with Crippen molar-refractivity contribution in [3.05, 3.63) is 130 Å². The first-order valence-electron chi connectivity index (χ1n) is 16.1. The van der Waals surface area contributed by atoms with Crippen LogP contribution in [0.15, 0.2) is 103 Å². The first kappa shape index (κ1) is 32.8. The average molecular weight is 649 g/mol. The van der Waals surface area contributed by atoms with Crippen molar-refractivity contribution in [2.75, 3.05) is 46.5 Å². The number of aliphatic hydroxyl groups is 1. The third kappa shape index (κ3) is 7.54. The zero-order valence-corrected chi connectivity index (χ0v) is 27.3. The molecule has 4 aromatic rings. The van der Waals surface area contributed by atoms with Crippen LogP contribution in [0.2, 0.25) is 0 Å². The van der Waals surface area contributed by atoms with E-state index in [0.29, 0.717) is 67.9 Å². The van der Waals surface area contributed by atoms with Crippen molar-refractivity contribution >= 4 is 17.4 Å². The highest BCUT2D eigenvalue weighted by atomic mass is 16.5. The molecule has 6 rings (SSSR count). The fourth-order valence-electron chi connectivity index (χ4n) is 6.07. The zero-order valence-electron chi connectivity index (χ0n) is 27.3. The van der Waals surface area contributed by atoms with Gasteiger partial charge in [-0.2, -0.15) is 0 Å². The monoisotopic (exact) mass is 648 g/mol. The first-order valence-corrected chi connectivity index (χ1v) is 16.1. The van der Waals surface area contributed by atoms with Gasteiger partial charge < -0.3 is 29.0 Å². The molecule has 0 bridgehead atoms. The molecule has 0 saturated carbocycles. The number of hydrogen-bond acceptors (Lipinski definition) is 8. The number of carbonyl (C=O) groups excluding carboxylic acids is 2. The van der Waals surface area contributed by atoms with Gasteiger partial charge in [-0.05, 0) is 60.0 Å². The Kier molecular flexibility index (Phi) is 10.4. The standard InChI is InChI=1S/C39H40N2O7/c1-27-7-6-10-29(23-27)26-47-32-14-11-30(12-15-32)37(42)35-36(41(39(44)38(35)43)18-17-40-19-21-46-22-20-40)31-13-16-33(34(24-31)45-2)48-25-28-8-4-3-5-9-28/h3-16,23-24,36,42H,17-22,25-26H2,1-2H3. The third-order valence-corrected chi connectivity index (χ3v) is 8.66. The highest BCUT2D eigenvalue weighted by Crippen LogP contribution is 2.42. The summed E-state index contributed by atoms with van der Waals surface area (Å²) in [6, 6.07) is 29.3. The van der Waals surface area contributed by atoms with Crippen molar-refractivity contribution in [2.24, 2.45) is 0 Å². The second kappa shape index (κ2) is 15.2. The van der Waals surface area contributed by atoms with Crippen LogP contribution in [0.3, 0.4) is 0 Å². The SMILES string of the molecule is COc1cc(C2C(=C(O)c3ccc(OCc4cccc(C)c4)cc3)C(=O)C(=O)N2CCN2CCOCC2)ccc1OCc1ccccc1. The van der Waals surface area contributed by atoms with Crippen molar-refractivity contribution in [3.63, 3.8) is 0 Å². The van der Waals surface area contributed by atoms with E-state index in [-0.39, 0.29) is 11.3 Å². The molecule has 2 aliphatic heterocycles. The summed E-state index contributed by atoms with van der Waals surface area (Å²) in [5.74, 6) is -0.0416. The largest absolute Gasteiger partial charge is 0.507 e. The molecule has 4 aromatic carbocycles. The molecule has 1 atom stereocenters. The van der Waals surface area contributed by atoms with Crippen LogP contribution >= 0.6 is 0 Å². The summed E-state index contributed by atoms with van der Waals surface area (Å²) in [7, 11) is 1.55. The highest BCUT2D eigenvalue weighted by Gasteiger charge is 2.46. The predicted molar refractivity (Wildman–Crippen MR) is 182 cm³/mol. The van der Waals surface area contributed by atoms with E-state index in [1.54, 1.807) is 48.4 Å². The van der Waals surface area contributed by atoms with Crippen molar-refractivity contribution in [3.8, 4) is 17.2 Å². The number of morpholine rings is 1. The number of methoxy groups -OCH3 is 1. The Morgan fingerprint density at radius 1 is 0.812 bits per heavy atom. The third-order valence-electron chi connectivity index (χ3n) is 8.66. The zero-order chi connectivity index (χ0) is 33.5. The number of ketones is 1. The van der Waals surface area contributed by atoms with E-state index in [2.05, 4.69) is 11.0 Å². The summed E-state index contributed by atoms with van der Waals surface area (Å²) in [5.41, 5.74) is 4.26. The van der Waals surface area contributed by atoms with Crippen LogP contribution in [0.4, 0.5) is 0 Å². The van der Waals surface area contributed by atoms with Crippen molar-refractivity contribution < 1.29 is 33.6 Å². The van der Waals surface area contributed by atoms with E-state index in [9.17, 15) is 14.7 Å². The van der Waals surface area contributed by atoms with Gasteiger partial charge in [0.25, 0.3) is 11.7 Å². The summed E-state index contributed by atoms with van der Waals surface area (Å²) >= 11 is 0. The smallest absolute Gasteiger partial charge is 0.295 e. The molecule has 0 aliphatic carbocycles. The van der Waals surface area contributed by atoms with Gasteiger partial charge in [-0.3, -0.25) is 14.5 Å². The molecule has 2 heterocycles. The van der Waals surface area contributed by atoms with Gasteiger partial charge in [0, 0.05) is 31.7 Å². The predicted octanol–water partition coefficient (Wildman–Crippen LogP) is 5.92. The van der Waals surface area contributed by atoms with E-state index in [0.717, 1.165) is 29.8 Å². The Labute approximate surface area is 280 Å². The molecule has 1 amide bonds. The lowest BCUT2D eigenvalue weighted by molar-refractivity contribution is -0.140. The highest BCUT2D eigenvalue weighted by molar-refractivity contribution is 6.46. The number of nitrogens with zero attached hydrogens (tertiary/aromatic N) is 2. The Bertz CT molecular complexity index is 1770. The average Bonchev–Trinajstić information content (AvgIpc) is 3.38. The summed E-state index contributed by atoms with van der Waals surface area (Å²) in [4.78, 5) is 31.0. The Balaban J connectivity index is 1.29. The number of carbonyl (C=O) groups is 2. The molecule has 1 unspecified atom stereocenters. The summed E-state index contributed by atoms with van der Waals surface area (Å²) in [6.07, 6.45) is 0. The molecule has 2 fully saturated rings. The van der Waals surface area contributed by atoms with Crippen LogP contribution in [-0.4, -0.2) is 73.1 Å². The molecule has 248 valence electrons. The van der Waals surface area contributed by atoms with Gasteiger partial charge >= 0.3 is 0 Å². The Morgan fingerprint density at radius 3 is 2.27 bits per heavy atom. The number of rotatable bonds is 12. The normalized spacial score (nSPS) is 17.8. The number of benzene rings is 4. The van der Waals surface area contributed by atoms with Gasteiger partial charge in [-0.1, -0.05) is 66.2 Å². The summed E-state index contributed by atoms with van der Waals surface area (Å²) in [5, 5.41) is 11.7. The topological polar surface area (TPSA) is 97.8 Å². The van der Waals surface area contributed by atoms with Gasteiger partial charge in [0.1, 0.15) is 24.7 Å². The summed E-state index contributed by atoms with van der Waals surface area (Å²) in [6.45, 7) is 6.37. The molecular weight excluding hydrogens is 608 g/mol. The number of hydrogen-bond donors (Lipinski definition) is 1. The fraction of sp³-hybridized carbons (Fsp3) is 0.282. The molecular formula is C39H40N2O7. The molecule has 0 aromatic heterocycles. The van der Waals surface area contributed by atoms with Crippen LogP contribution < -0.4 is 14.2 Å². The summed E-state index contributed by atoms with van der Waals surface area (Å²) < 4.78 is 23.2.